The summed E-state index contributed by atoms with van der Waals surface area (Å²) in [6, 6.07) is 0. The molecule has 0 spiro atoms. The van der Waals surface area contributed by atoms with Gasteiger partial charge in [0.1, 0.15) is 0 Å². The normalized spacial score (nSPS) is 45.9. The molecule has 2 aliphatic carbocycles. The Kier molecular flexibility index (Phi) is 3.20. The van der Waals surface area contributed by atoms with Crippen LogP contribution in [0, 0.1) is 23.7 Å². The van der Waals surface area contributed by atoms with Gasteiger partial charge in [0, 0.05) is 0 Å². The molecule has 1 N–H and O–H groups in total. The highest BCUT2D eigenvalue weighted by Crippen LogP contribution is 2.48. The van der Waals surface area contributed by atoms with Crippen molar-refractivity contribution in [1.29, 1.82) is 0 Å². The highest BCUT2D eigenvalue weighted by Gasteiger charge is 2.40. The maximum Gasteiger partial charge on any atom is 0.0543 e. The van der Waals surface area contributed by atoms with Crippen LogP contribution in [0.1, 0.15) is 46.0 Å². The van der Waals surface area contributed by atoms with Crippen LogP contribution < -0.4 is 0 Å². The van der Waals surface area contributed by atoms with Crippen molar-refractivity contribution in [3.05, 3.63) is 12.2 Å². The van der Waals surface area contributed by atoms with Gasteiger partial charge in [0.15, 0.2) is 0 Å². The minimum Gasteiger partial charge on any atom is -0.393 e. The second-order valence-corrected chi connectivity index (χ2v) is 5.80. The van der Waals surface area contributed by atoms with Crippen molar-refractivity contribution in [1.82, 2.24) is 0 Å². The molecule has 86 valence electrons. The summed E-state index contributed by atoms with van der Waals surface area (Å²) in [5.74, 6) is 3.11. The lowest BCUT2D eigenvalue weighted by Crippen LogP contribution is -2.40. The van der Waals surface area contributed by atoms with E-state index in [1.54, 1.807) is 0 Å². The molecule has 15 heavy (non-hydrogen) atoms. The van der Waals surface area contributed by atoms with Crippen molar-refractivity contribution in [2.45, 2.75) is 52.1 Å². The van der Waals surface area contributed by atoms with Crippen LogP contribution in [-0.2, 0) is 0 Å². The van der Waals surface area contributed by atoms with Crippen LogP contribution >= 0.6 is 0 Å². The Bertz CT molecular complexity index is 246. The first-order valence-electron chi connectivity index (χ1n) is 6.43. The van der Waals surface area contributed by atoms with Gasteiger partial charge in [-0.3, -0.25) is 0 Å². The molecule has 0 bridgehead atoms. The Balaban J connectivity index is 2.14. The van der Waals surface area contributed by atoms with Crippen molar-refractivity contribution in [3.8, 4) is 0 Å². The van der Waals surface area contributed by atoms with E-state index in [0.29, 0.717) is 5.92 Å². The zero-order valence-electron chi connectivity index (χ0n) is 10.1. The number of hydrogen-bond acceptors (Lipinski definition) is 1. The number of rotatable bonds is 1. The van der Waals surface area contributed by atoms with Gasteiger partial charge in [-0.2, -0.15) is 0 Å². The second kappa shape index (κ2) is 4.29. The molecule has 0 saturated heterocycles. The van der Waals surface area contributed by atoms with Gasteiger partial charge in [-0.15, -0.1) is 0 Å². The van der Waals surface area contributed by atoms with E-state index in [2.05, 4.69) is 20.4 Å². The highest BCUT2D eigenvalue weighted by atomic mass is 16.3. The molecule has 0 aromatic carbocycles. The number of fused-ring (bicyclic) bond motifs is 1. The Labute approximate surface area is 93.6 Å². The van der Waals surface area contributed by atoms with E-state index in [4.69, 9.17) is 0 Å². The Hall–Kier alpha value is -0.300. The van der Waals surface area contributed by atoms with E-state index in [9.17, 15) is 5.11 Å². The van der Waals surface area contributed by atoms with Gasteiger partial charge in [-0.05, 0) is 62.7 Å². The third-order valence-corrected chi connectivity index (χ3v) is 4.74. The van der Waals surface area contributed by atoms with Crippen LogP contribution in [0.3, 0.4) is 0 Å². The number of allylic oxidation sites excluding steroid dienone is 1. The topological polar surface area (TPSA) is 20.2 Å². The molecule has 1 nitrogen and oxygen atoms in total. The van der Waals surface area contributed by atoms with Crippen LogP contribution in [0.4, 0.5) is 0 Å². The SMILES string of the molecule is C=C(C)[C@@H]1CC[C@@H](C)[C@@H]2CC[C@H](O)C[C@@H]21. The molecule has 2 rings (SSSR count). The fourth-order valence-electron chi connectivity index (χ4n) is 3.86. The third kappa shape index (κ3) is 2.13. The molecule has 0 aromatic rings. The van der Waals surface area contributed by atoms with Gasteiger partial charge in [0.2, 0.25) is 0 Å². The summed E-state index contributed by atoms with van der Waals surface area (Å²) in [7, 11) is 0. The minimum absolute atomic E-state index is 0.0431. The lowest BCUT2D eigenvalue weighted by Gasteiger charge is -2.46. The van der Waals surface area contributed by atoms with E-state index in [0.717, 1.165) is 30.6 Å². The Morgan fingerprint density at radius 1 is 1.13 bits per heavy atom. The predicted molar refractivity (Wildman–Crippen MR) is 63.5 cm³/mol. The second-order valence-electron chi connectivity index (χ2n) is 5.80. The quantitative estimate of drug-likeness (QED) is 0.655. The molecule has 0 amide bonds. The summed E-state index contributed by atoms with van der Waals surface area (Å²) < 4.78 is 0. The zero-order chi connectivity index (χ0) is 11.0. The van der Waals surface area contributed by atoms with Crippen molar-refractivity contribution in [3.63, 3.8) is 0 Å². The molecule has 1 heteroatoms. The van der Waals surface area contributed by atoms with E-state index in [1.165, 1.54) is 24.8 Å². The summed E-state index contributed by atoms with van der Waals surface area (Å²) in [4.78, 5) is 0. The van der Waals surface area contributed by atoms with Gasteiger partial charge in [0.25, 0.3) is 0 Å². The molecule has 0 aromatic heterocycles. The van der Waals surface area contributed by atoms with Crippen molar-refractivity contribution in [2.24, 2.45) is 23.7 Å². The first-order chi connectivity index (χ1) is 7.09. The van der Waals surface area contributed by atoms with Crippen molar-refractivity contribution in [2.75, 3.05) is 0 Å². The first-order valence-corrected chi connectivity index (χ1v) is 6.43. The van der Waals surface area contributed by atoms with Crippen LogP contribution in [0.5, 0.6) is 0 Å². The molecular formula is C14H24O. The molecule has 0 heterocycles. The summed E-state index contributed by atoms with van der Waals surface area (Å²) in [5, 5.41) is 9.80. The maximum absolute atomic E-state index is 9.80. The lowest BCUT2D eigenvalue weighted by molar-refractivity contribution is 0.00399. The Morgan fingerprint density at radius 3 is 2.53 bits per heavy atom. The first kappa shape index (κ1) is 11.2. The van der Waals surface area contributed by atoms with Crippen LogP contribution in [0.25, 0.3) is 0 Å². The molecule has 0 unspecified atom stereocenters. The predicted octanol–water partition coefficient (Wildman–Crippen LogP) is 3.39. The summed E-state index contributed by atoms with van der Waals surface area (Å²) in [6.45, 7) is 8.70. The van der Waals surface area contributed by atoms with Gasteiger partial charge in [0.05, 0.1) is 6.10 Å². The fourth-order valence-corrected chi connectivity index (χ4v) is 3.86. The highest BCUT2D eigenvalue weighted by molar-refractivity contribution is 5.04. The molecule has 2 fully saturated rings. The molecule has 2 aliphatic rings. The molecule has 0 radical (unpaired) electrons. The van der Waals surface area contributed by atoms with Gasteiger partial charge in [-0.25, -0.2) is 0 Å². The number of hydrogen-bond donors (Lipinski definition) is 1. The van der Waals surface area contributed by atoms with E-state index in [1.807, 2.05) is 0 Å². The Morgan fingerprint density at radius 2 is 1.87 bits per heavy atom. The van der Waals surface area contributed by atoms with Crippen molar-refractivity contribution >= 4 is 0 Å². The monoisotopic (exact) mass is 208 g/mol. The summed E-state index contributed by atoms with van der Waals surface area (Å²) in [5.41, 5.74) is 1.34. The lowest BCUT2D eigenvalue weighted by atomic mass is 9.60. The molecule has 0 aliphatic heterocycles. The number of aliphatic hydroxyl groups is 1. The molecule has 2 saturated carbocycles. The van der Waals surface area contributed by atoms with Crippen LogP contribution in [0.15, 0.2) is 12.2 Å². The van der Waals surface area contributed by atoms with E-state index in [-0.39, 0.29) is 6.10 Å². The van der Waals surface area contributed by atoms with Crippen LogP contribution in [-0.4, -0.2) is 11.2 Å². The largest absolute Gasteiger partial charge is 0.393 e. The van der Waals surface area contributed by atoms with Crippen molar-refractivity contribution < 1.29 is 5.11 Å². The maximum atomic E-state index is 9.80. The minimum atomic E-state index is -0.0431. The average molecular weight is 208 g/mol. The van der Waals surface area contributed by atoms with Gasteiger partial charge in [-0.1, -0.05) is 19.1 Å². The fraction of sp³-hybridized carbons (Fsp3) is 0.857. The standard InChI is InChI=1S/C14H24O/c1-9(2)12-6-4-10(3)13-7-5-11(15)8-14(12)13/h10-15H,1,4-8H2,2-3H3/t10-,11+,12+,13+,14-/m1/s1. The molecular weight excluding hydrogens is 184 g/mol. The smallest absolute Gasteiger partial charge is 0.0543 e. The van der Waals surface area contributed by atoms with E-state index < -0.39 is 0 Å². The number of aliphatic hydroxyl groups excluding tert-OH is 1. The van der Waals surface area contributed by atoms with Gasteiger partial charge >= 0.3 is 0 Å². The zero-order valence-corrected chi connectivity index (χ0v) is 10.1. The van der Waals surface area contributed by atoms with Crippen LogP contribution in [0.2, 0.25) is 0 Å². The molecule has 5 atom stereocenters. The van der Waals surface area contributed by atoms with E-state index >= 15 is 0 Å². The third-order valence-electron chi connectivity index (χ3n) is 4.74. The van der Waals surface area contributed by atoms with Gasteiger partial charge < -0.3 is 5.11 Å². The summed E-state index contributed by atoms with van der Waals surface area (Å²) in [6.07, 6.45) is 5.88. The summed E-state index contributed by atoms with van der Waals surface area (Å²) >= 11 is 0. The average Bonchev–Trinajstić information content (AvgIpc) is 2.17.